The van der Waals surface area contributed by atoms with Gasteiger partial charge in [0, 0.05) is 5.02 Å². The van der Waals surface area contributed by atoms with Gasteiger partial charge < -0.3 is 14.6 Å². The number of benzene rings is 1. The number of carbonyl (C=O) groups is 1. The lowest BCUT2D eigenvalue weighted by molar-refractivity contribution is -0.921. The van der Waals surface area contributed by atoms with Gasteiger partial charge in [0.05, 0.1) is 30.6 Å². The molecule has 1 fully saturated rings. The van der Waals surface area contributed by atoms with Gasteiger partial charge in [-0.25, -0.2) is 4.98 Å². The van der Waals surface area contributed by atoms with Crippen molar-refractivity contribution in [1.82, 2.24) is 9.97 Å². The van der Waals surface area contributed by atoms with Crippen LogP contribution in [0.3, 0.4) is 0 Å². The van der Waals surface area contributed by atoms with Crippen molar-refractivity contribution >= 4 is 28.5 Å². The fourth-order valence-electron chi connectivity index (χ4n) is 3.25. The molecule has 6 nitrogen and oxygen atoms in total. The van der Waals surface area contributed by atoms with Crippen LogP contribution in [-0.4, -0.2) is 35.6 Å². The Balaban J connectivity index is 1.77. The number of fused-ring (bicyclic) bond motifs is 1. The zero-order chi connectivity index (χ0) is 17.1. The summed E-state index contributed by atoms with van der Waals surface area (Å²) in [5, 5.41) is 1.08. The lowest BCUT2D eigenvalue weighted by Gasteiger charge is -2.28. The molecular weight excluding hydrogens is 330 g/mol. The van der Waals surface area contributed by atoms with E-state index in [1.807, 2.05) is 6.92 Å². The van der Waals surface area contributed by atoms with Crippen LogP contribution in [0.2, 0.25) is 5.02 Å². The summed E-state index contributed by atoms with van der Waals surface area (Å²) < 4.78 is 5.13. The molecule has 2 N–H and O–H groups in total. The van der Waals surface area contributed by atoms with Crippen LogP contribution in [0.4, 0.5) is 0 Å². The minimum atomic E-state index is -0.162. The third kappa shape index (κ3) is 3.76. The summed E-state index contributed by atoms with van der Waals surface area (Å²) in [4.78, 5) is 32.7. The van der Waals surface area contributed by atoms with E-state index in [2.05, 4.69) is 9.97 Å². The fraction of sp³-hybridized carbons (Fsp3) is 0.471. The molecule has 0 spiro atoms. The number of rotatable bonds is 4. The molecule has 1 saturated heterocycles. The number of aromatic nitrogens is 2. The maximum Gasteiger partial charge on any atom is 0.314 e. The number of hydrogen-bond acceptors (Lipinski definition) is 4. The van der Waals surface area contributed by atoms with Gasteiger partial charge in [0.2, 0.25) is 0 Å². The van der Waals surface area contributed by atoms with Gasteiger partial charge in [0.25, 0.3) is 5.56 Å². The number of likely N-dealkylation sites (tertiary alicyclic amines) is 1. The van der Waals surface area contributed by atoms with Gasteiger partial charge in [0.1, 0.15) is 12.5 Å². The molecule has 2 heterocycles. The van der Waals surface area contributed by atoms with E-state index in [4.69, 9.17) is 16.3 Å². The molecular formula is C17H21ClN3O3+. The van der Waals surface area contributed by atoms with Gasteiger partial charge in [-0.15, -0.1) is 0 Å². The quantitative estimate of drug-likeness (QED) is 0.804. The molecule has 1 aromatic heterocycles. The lowest BCUT2D eigenvalue weighted by Crippen LogP contribution is -3.12. The van der Waals surface area contributed by atoms with Crippen LogP contribution in [0, 0.1) is 5.92 Å². The first-order valence-electron chi connectivity index (χ1n) is 8.25. The average Bonchev–Trinajstić information content (AvgIpc) is 2.55. The molecule has 1 unspecified atom stereocenters. The number of hydrogen-bond donors (Lipinski definition) is 2. The molecule has 1 aliphatic rings. The number of aromatic amines is 1. The highest BCUT2D eigenvalue weighted by Gasteiger charge is 2.30. The van der Waals surface area contributed by atoms with Crippen LogP contribution in [0.25, 0.3) is 10.9 Å². The maximum absolute atomic E-state index is 12.2. The summed E-state index contributed by atoms with van der Waals surface area (Å²) >= 11 is 5.99. The second-order valence-corrected chi connectivity index (χ2v) is 6.58. The Morgan fingerprint density at radius 3 is 3.12 bits per heavy atom. The van der Waals surface area contributed by atoms with Crippen molar-refractivity contribution < 1.29 is 14.4 Å². The second kappa shape index (κ2) is 7.32. The SMILES string of the molecule is CCOC(=O)[C@@H]1CCC[NH+](Cc2nc3cc(Cl)ccc3c(=O)[nH]2)C1. The number of carbonyl (C=O) groups excluding carboxylic acids is 1. The Morgan fingerprint density at radius 2 is 2.33 bits per heavy atom. The first-order valence-corrected chi connectivity index (χ1v) is 8.63. The van der Waals surface area contributed by atoms with Gasteiger partial charge in [-0.2, -0.15) is 0 Å². The molecule has 128 valence electrons. The highest BCUT2D eigenvalue weighted by molar-refractivity contribution is 6.31. The normalized spacial score (nSPS) is 20.9. The predicted octanol–water partition coefficient (Wildman–Crippen LogP) is 0.935. The van der Waals surface area contributed by atoms with Crippen LogP contribution in [0.1, 0.15) is 25.6 Å². The van der Waals surface area contributed by atoms with Crippen molar-refractivity contribution in [3.63, 3.8) is 0 Å². The monoisotopic (exact) mass is 350 g/mol. The molecule has 2 aromatic rings. The number of nitrogens with one attached hydrogen (secondary N) is 2. The molecule has 7 heteroatoms. The maximum atomic E-state index is 12.2. The average molecular weight is 351 g/mol. The number of nitrogens with zero attached hydrogens (tertiary/aromatic N) is 1. The molecule has 0 aliphatic carbocycles. The molecule has 3 rings (SSSR count). The van der Waals surface area contributed by atoms with Crippen molar-refractivity contribution in [3.05, 3.63) is 39.4 Å². The molecule has 0 saturated carbocycles. The third-order valence-corrected chi connectivity index (χ3v) is 4.61. The van der Waals surface area contributed by atoms with Gasteiger partial charge in [-0.1, -0.05) is 11.6 Å². The van der Waals surface area contributed by atoms with Crippen molar-refractivity contribution in [2.75, 3.05) is 19.7 Å². The Morgan fingerprint density at radius 1 is 1.50 bits per heavy atom. The zero-order valence-electron chi connectivity index (χ0n) is 13.6. The van der Waals surface area contributed by atoms with E-state index in [1.165, 1.54) is 4.90 Å². The number of ether oxygens (including phenoxy) is 1. The fourth-order valence-corrected chi connectivity index (χ4v) is 3.42. The molecule has 0 bridgehead atoms. The summed E-state index contributed by atoms with van der Waals surface area (Å²) in [5.74, 6) is 0.422. The second-order valence-electron chi connectivity index (χ2n) is 6.15. The molecule has 2 atom stereocenters. The summed E-state index contributed by atoms with van der Waals surface area (Å²) in [7, 11) is 0. The third-order valence-electron chi connectivity index (χ3n) is 4.37. The van der Waals surface area contributed by atoms with Crippen LogP contribution >= 0.6 is 11.6 Å². The van der Waals surface area contributed by atoms with E-state index in [9.17, 15) is 9.59 Å². The summed E-state index contributed by atoms with van der Waals surface area (Å²) in [5.41, 5.74) is 0.435. The van der Waals surface area contributed by atoms with Crippen LogP contribution in [0.15, 0.2) is 23.0 Å². The van der Waals surface area contributed by atoms with Crippen LogP contribution < -0.4 is 10.5 Å². The first-order chi connectivity index (χ1) is 11.6. The van der Waals surface area contributed by atoms with E-state index in [1.54, 1.807) is 18.2 Å². The number of halogens is 1. The van der Waals surface area contributed by atoms with E-state index < -0.39 is 0 Å². The summed E-state index contributed by atoms with van der Waals surface area (Å²) in [6.07, 6.45) is 1.82. The summed E-state index contributed by atoms with van der Waals surface area (Å²) in [6, 6.07) is 5.06. The molecule has 1 aromatic carbocycles. The number of piperidine rings is 1. The van der Waals surface area contributed by atoms with Crippen molar-refractivity contribution in [3.8, 4) is 0 Å². The highest BCUT2D eigenvalue weighted by atomic mass is 35.5. The van der Waals surface area contributed by atoms with E-state index in [-0.39, 0.29) is 17.4 Å². The van der Waals surface area contributed by atoms with Gasteiger partial charge in [-0.3, -0.25) is 9.59 Å². The number of esters is 1. The lowest BCUT2D eigenvalue weighted by atomic mass is 9.98. The minimum absolute atomic E-state index is 0.0738. The topological polar surface area (TPSA) is 76.5 Å². The van der Waals surface area contributed by atoms with Crippen molar-refractivity contribution in [2.24, 2.45) is 5.92 Å². The molecule has 0 amide bonds. The minimum Gasteiger partial charge on any atom is -0.466 e. The van der Waals surface area contributed by atoms with Crippen molar-refractivity contribution in [2.45, 2.75) is 26.3 Å². The standard InChI is InChI=1S/C17H20ClN3O3/c1-2-24-17(23)11-4-3-7-21(9-11)10-15-19-14-8-12(18)5-6-13(14)16(22)20-15/h5-6,8,11H,2-4,7,9-10H2,1H3,(H,19,20,22)/p+1/t11-/m1/s1. The zero-order valence-corrected chi connectivity index (χ0v) is 14.4. The Bertz CT molecular complexity index is 805. The van der Waals surface area contributed by atoms with Gasteiger partial charge in [0.15, 0.2) is 5.82 Å². The molecule has 1 aliphatic heterocycles. The predicted molar refractivity (Wildman–Crippen MR) is 91.1 cm³/mol. The van der Waals surface area contributed by atoms with Gasteiger partial charge in [-0.05, 0) is 38.0 Å². The Labute approximate surface area is 144 Å². The number of H-pyrrole nitrogens is 1. The largest absolute Gasteiger partial charge is 0.466 e. The molecule has 0 radical (unpaired) electrons. The van der Waals surface area contributed by atoms with E-state index in [0.29, 0.717) is 41.4 Å². The van der Waals surface area contributed by atoms with Crippen molar-refractivity contribution in [1.29, 1.82) is 0 Å². The number of quaternary nitrogens is 1. The van der Waals surface area contributed by atoms with Gasteiger partial charge >= 0.3 is 5.97 Å². The Kier molecular flexibility index (Phi) is 5.16. The van der Waals surface area contributed by atoms with E-state index in [0.717, 1.165) is 19.4 Å². The molecule has 24 heavy (non-hydrogen) atoms. The van der Waals surface area contributed by atoms with Crippen LogP contribution in [-0.2, 0) is 16.1 Å². The van der Waals surface area contributed by atoms with Crippen LogP contribution in [0.5, 0.6) is 0 Å². The highest BCUT2D eigenvalue weighted by Crippen LogP contribution is 2.14. The smallest absolute Gasteiger partial charge is 0.314 e. The first kappa shape index (κ1) is 16.9. The van der Waals surface area contributed by atoms with E-state index >= 15 is 0 Å². The Hall–Kier alpha value is -1.92. The summed E-state index contributed by atoms with van der Waals surface area (Å²) in [6.45, 7) is 4.46.